The zero-order chi connectivity index (χ0) is 21.5. The number of rotatable bonds is 3. The minimum Gasteiger partial charge on any atom is -0.309 e. The van der Waals surface area contributed by atoms with Crippen LogP contribution in [0.2, 0.25) is 0 Å². The molecule has 152 valence electrons. The molecule has 0 spiro atoms. The van der Waals surface area contributed by atoms with E-state index in [2.05, 4.69) is 133 Å². The lowest BCUT2D eigenvalue weighted by atomic mass is 10.0. The topological polar surface area (TPSA) is 4.93 Å². The molecular formula is C31H23N. The van der Waals surface area contributed by atoms with Gasteiger partial charge in [-0.1, -0.05) is 96.6 Å². The van der Waals surface area contributed by atoms with E-state index in [1.807, 2.05) is 0 Å². The second-order valence-corrected chi connectivity index (χ2v) is 8.37. The van der Waals surface area contributed by atoms with E-state index in [-0.39, 0.29) is 0 Å². The molecule has 0 aliphatic rings. The van der Waals surface area contributed by atoms with Crippen LogP contribution < -0.4 is 0 Å². The van der Waals surface area contributed by atoms with Gasteiger partial charge < -0.3 is 4.57 Å². The highest BCUT2D eigenvalue weighted by molar-refractivity contribution is 6.11. The second-order valence-electron chi connectivity index (χ2n) is 8.37. The lowest BCUT2D eigenvalue weighted by molar-refractivity contribution is 1.17. The molecule has 0 atom stereocenters. The third kappa shape index (κ3) is 3.11. The van der Waals surface area contributed by atoms with E-state index in [4.69, 9.17) is 0 Å². The van der Waals surface area contributed by atoms with Gasteiger partial charge in [0.25, 0.3) is 0 Å². The van der Waals surface area contributed by atoms with Crippen molar-refractivity contribution in [1.82, 2.24) is 4.57 Å². The first-order chi connectivity index (χ1) is 15.8. The fourth-order valence-corrected chi connectivity index (χ4v) is 4.61. The molecule has 0 aliphatic carbocycles. The molecule has 1 heterocycles. The van der Waals surface area contributed by atoms with Crippen molar-refractivity contribution in [2.75, 3.05) is 0 Å². The third-order valence-corrected chi connectivity index (χ3v) is 6.27. The number of aromatic nitrogens is 1. The second kappa shape index (κ2) is 7.55. The molecular weight excluding hydrogens is 386 g/mol. The number of hydrogen-bond acceptors (Lipinski definition) is 0. The Morgan fingerprint density at radius 3 is 1.69 bits per heavy atom. The zero-order valence-electron chi connectivity index (χ0n) is 18.0. The van der Waals surface area contributed by atoms with Crippen LogP contribution in [0.4, 0.5) is 0 Å². The summed E-state index contributed by atoms with van der Waals surface area (Å²) in [4.78, 5) is 0. The fourth-order valence-electron chi connectivity index (χ4n) is 4.61. The number of nitrogens with zero attached hydrogens (tertiary/aromatic N) is 1. The first kappa shape index (κ1) is 18.7. The van der Waals surface area contributed by atoms with Crippen LogP contribution in [-0.4, -0.2) is 4.57 Å². The quantitative estimate of drug-likeness (QED) is 0.276. The van der Waals surface area contributed by atoms with Crippen LogP contribution in [0.25, 0.3) is 49.7 Å². The average Bonchev–Trinajstić information content (AvgIpc) is 3.18. The van der Waals surface area contributed by atoms with Crippen molar-refractivity contribution in [3.05, 3.63) is 127 Å². The molecule has 0 fully saturated rings. The maximum Gasteiger partial charge on any atom is 0.0547 e. The molecule has 6 rings (SSSR count). The van der Waals surface area contributed by atoms with Crippen LogP contribution in [0.1, 0.15) is 5.56 Å². The molecule has 0 bridgehead atoms. The number of fused-ring (bicyclic) bond motifs is 3. The van der Waals surface area contributed by atoms with Gasteiger partial charge in [-0.2, -0.15) is 0 Å². The number of aryl methyl sites for hydroxylation is 1. The molecule has 0 saturated heterocycles. The summed E-state index contributed by atoms with van der Waals surface area (Å²) in [7, 11) is 0. The van der Waals surface area contributed by atoms with Crippen molar-refractivity contribution in [2.24, 2.45) is 0 Å². The Morgan fingerprint density at radius 2 is 1.03 bits per heavy atom. The summed E-state index contributed by atoms with van der Waals surface area (Å²) in [6, 6.07) is 43.7. The first-order valence-electron chi connectivity index (χ1n) is 11.0. The van der Waals surface area contributed by atoms with Crippen molar-refractivity contribution >= 4 is 21.8 Å². The van der Waals surface area contributed by atoms with E-state index < -0.39 is 0 Å². The highest BCUT2D eigenvalue weighted by Crippen LogP contribution is 2.37. The molecule has 0 saturated carbocycles. The van der Waals surface area contributed by atoms with Gasteiger partial charge in [-0.25, -0.2) is 0 Å². The van der Waals surface area contributed by atoms with E-state index in [1.54, 1.807) is 0 Å². The molecule has 32 heavy (non-hydrogen) atoms. The van der Waals surface area contributed by atoms with Gasteiger partial charge in [0.15, 0.2) is 0 Å². The van der Waals surface area contributed by atoms with Gasteiger partial charge in [-0.3, -0.25) is 0 Å². The summed E-state index contributed by atoms with van der Waals surface area (Å²) in [6.45, 7) is 2.13. The average molecular weight is 410 g/mol. The highest BCUT2D eigenvalue weighted by Gasteiger charge is 2.14. The van der Waals surface area contributed by atoms with Crippen molar-refractivity contribution in [3.8, 4) is 27.9 Å². The van der Waals surface area contributed by atoms with Crippen molar-refractivity contribution in [2.45, 2.75) is 6.92 Å². The zero-order valence-corrected chi connectivity index (χ0v) is 18.0. The molecule has 1 nitrogen and oxygen atoms in total. The largest absolute Gasteiger partial charge is 0.309 e. The Hall–Kier alpha value is -4.10. The van der Waals surface area contributed by atoms with Crippen LogP contribution in [-0.2, 0) is 0 Å². The summed E-state index contributed by atoms with van der Waals surface area (Å²) < 4.78 is 2.39. The van der Waals surface area contributed by atoms with Crippen molar-refractivity contribution < 1.29 is 0 Å². The van der Waals surface area contributed by atoms with Gasteiger partial charge in [0.05, 0.1) is 11.0 Å². The summed E-state index contributed by atoms with van der Waals surface area (Å²) in [5, 5.41) is 2.56. The molecule has 5 aromatic carbocycles. The third-order valence-electron chi connectivity index (χ3n) is 6.27. The molecule has 1 heteroatoms. The van der Waals surface area contributed by atoms with E-state index in [0.29, 0.717) is 0 Å². The molecule has 0 amide bonds. The summed E-state index contributed by atoms with van der Waals surface area (Å²) in [5.41, 5.74) is 9.88. The molecule has 6 aromatic rings. The Balaban J connectivity index is 1.66. The molecule has 0 aliphatic heterocycles. The van der Waals surface area contributed by atoms with Crippen molar-refractivity contribution in [1.29, 1.82) is 0 Å². The van der Waals surface area contributed by atoms with Crippen molar-refractivity contribution in [3.63, 3.8) is 0 Å². The minimum absolute atomic E-state index is 1.19. The van der Waals surface area contributed by atoms with Crippen LogP contribution in [0.15, 0.2) is 121 Å². The van der Waals surface area contributed by atoms with Gasteiger partial charge in [-0.15, -0.1) is 0 Å². The predicted octanol–water partition coefficient (Wildman–Crippen LogP) is 8.43. The normalized spacial score (nSPS) is 11.3. The maximum atomic E-state index is 2.39. The SMILES string of the molecule is Cc1ccc(-n2c3ccc(-c4ccccc4)cc3c3ccc(-c4ccccc4)cc32)cc1. The Bertz CT molecular complexity index is 1540. The monoisotopic (exact) mass is 409 g/mol. The van der Waals surface area contributed by atoms with Crippen LogP contribution in [0.3, 0.4) is 0 Å². The first-order valence-corrected chi connectivity index (χ1v) is 11.0. The van der Waals surface area contributed by atoms with Gasteiger partial charge in [0.2, 0.25) is 0 Å². The lowest BCUT2D eigenvalue weighted by Gasteiger charge is -2.10. The van der Waals surface area contributed by atoms with Crippen LogP contribution in [0.5, 0.6) is 0 Å². The predicted molar refractivity (Wildman–Crippen MR) is 136 cm³/mol. The van der Waals surface area contributed by atoms with Crippen LogP contribution in [0, 0.1) is 6.92 Å². The number of hydrogen-bond donors (Lipinski definition) is 0. The van der Waals surface area contributed by atoms with E-state index in [0.717, 1.165) is 0 Å². The molecule has 0 N–H and O–H groups in total. The smallest absolute Gasteiger partial charge is 0.0547 e. The van der Waals surface area contributed by atoms with Gasteiger partial charge in [-0.05, 0) is 59.5 Å². The van der Waals surface area contributed by atoms with Gasteiger partial charge >= 0.3 is 0 Å². The highest BCUT2D eigenvalue weighted by atomic mass is 15.0. The van der Waals surface area contributed by atoms with Gasteiger partial charge in [0, 0.05) is 16.5 Å². The Kier molecular flexibility index (Phi) is 4.40. The lowest BCUT2D eigenvalue weighted by Crippen LogP contribution is -1.94. The molecule has 0 unspecified atom stereocenters. The Labute approximate surface area is 188 Å². The Morgan fingerprint density at radius 1 is 0.438 bits per heavy atom. The molecule has 1 aromatic heterocycles. The van der Waals surface area contributed by atoms with E-state index >= 15 is 0 Å². The summed E-state index contributed by atoms with van der Waals surface area (Å²) >= 11 is 0. The fraction of sp³-hybridized carbons (Fsp3) is 0.0323. The van der Waals surface area contributed by atoms with Crippen LogP contribution >= 0.6 is 0 Å². The van der Waals surface area contributed by atoms with E-state index in [1.165, 1.54) is 55.3 Å². The summed E-state index contributed by atoms with van der Waals surface area (Å²) in [5.74, 6) is 0. The maximum absolute atomic E-state index is 2.39. The van der Waals surface area contributed by atoms with E-state index in [9.17, 15) is 0 Å². The number of benzene rings is 5. The molecule has 0 radical (unpaired) electrons. The summed E-state index contributed by atoms with van der Waals surface area (Å²) in [6.07, 6.45) is 0. The van der Waals surface area contributed by atoms with Gasteiger partial charge in [0.1, 0.15) is 0 Å². The minimum atomic E-state index is 1.19. The standard InChI is InChI=1S/C31H23N/c1-22-12-16-27(17-13-22)32-30-19-15-25(23-8-4-2-5-9-23)20-29(30)28-18-14-26(21-31(28)32)24-10-6-3-7-11-24/h2-21H,1H3.